The van der Waals surface area contributed by atoms with Crippen molar-refractivity contribution in [2.75, 3.05) is 20.2 Å². The molecule has 0 unspecified atom stereocenters. The predicted octanol–water partition coefficient (Wildman–Crippen LogP) is 1.33. The molecule has 1 aromatic heterocycles. The highest BCUT2D eigenvalue weighted by Crippen LogP contribution is 2.28. The molecule has 1 aliphatic rings. The molecule has 0 amide bonds. The summed E-state index contributed by atoms with van der Waals surface area (Å²) in [7, 11) is 2.10. The number of fused-ring (bicyclic) bond motifs is 3. The Hall–Kier alpha value is -1.65. The van der Waals surface area contributed by atoms with Crippen LogP contribution in [0.3, 0.4) is 0 Å². The van der Waals surface area contributed by atoms with Crippen LogP contribution in [0, 0.1) is 0 Å². The van der Waals surface area contributed by atoms with Crippen LogP contribution in [0.25, 0.3) is 10.9 Å². The number of hydrogen-bond acceptors (Lipinski definition) is 3. The zero-order chi connectivity index (χ0) is 12.7. The van der Waals surface area contributed by atoms with Crippen molar-refractivity contribution in [1.82, 2.24) is 9.88 Å². The molecule has 0 bridgehead atoms. The maximum absolute atomic E-state index is 11.5. The topological polar surface area (TPSA) is 56.3 Å². The maximum atomic E-state index is 11.5. The Balaban J connectivity index is 2.15. The molecular formula is C14H16N2O2. The number of nitrogens with zero attached hydrogens (tertiary/aromatic N) is 1. The minimum Gasteiger partial charge on any atom is -0.388 e. The number of carbonyl (C=O) groups is 1. The Morgan fingerprint density at radius 1 is 1.50 bits per heavy atom. The van der Waals surface area contributed by atoms with Crippen LogP contribution >= 0.6 is 0 Å². The van der Waals surface area contributed by atoms with Crippen LogP contribution < -0.4 is 0 Å². The van der Waals surface area contributed by atoms with Gasteiger partial charge in [-0.1, -0.05) is 0 Å². The monoisotopic (exact) mass is 244 g/mol. The Kier molecular flexibility index (Phi) is 2.69. The summed E-state index contributed by atoms with van der Waals surface area (Å²) in [6.45, 7) is 1.53. The number of likely N-dealkylation sites (N-methyl/N-ethyl adjacent to an activating group) is 1. The molecular weight excluding hydrogens is 228 g/mol. The number of ketones is 1. The molecule has 0 radical (unpaired) electrons. The molecule has 0 aliphatic carbocycles. The van der Waals surface area contributed by atoms with Gasteiger partial charge < -0.3 is 15.0 Å². The first-order chi connectivity index (χ1) is 8.69. The van der Waals surface area contributed by atoms with E-state index in [-0.39, 0.29) is 5.78 Å². The molecule has 4 nitrogen and oxygen atoms in total. The van der Waals surface area contributed by atoms with Crippen LogP contribution in [0.4, 0.5) is 0 Å². The van der Waals surface area contributed by atoms with E-state index in [1.807, 2.05) is 12.1 Å². The zero-order valence-electron chi connectivity index (χ0n) is 10.4. The smallest absolute Gasteiger partial charge is 0.188 e. The number of aliphatic hydroxyl groups is 1. The summed E-state index contributed by atoms with van der Waals surface area (Å²) >= 11 is 0. The van der Waals surface area contributed by atoms with Gasteiger partial charge in [-0.2, -0.15) is 0 Å². The van der Waals surface area contributed by atoms with Crippen molar-refractivity contribution < 1.29 is 9.90 Å². The molecule has 94 valence electrons. The normalized spacial score (nSPS) is 15.9. The summed E-state index contributed by atoms with van der Waals surface area (Å²) in [6.07, 6.45) is 1.02. The van der Waals surface area contributed by atoms with Gasteiger partial charge in [-0.25, -0.2) is 0 Å². The van der Waals surface area contributed by atoms with Crippen molar-refractivity contribution in [3.05, 3.63) is 35.0 Å². The average molecular weight is 244 g/mol. The third kappa shape index (κ3) is 1.74. The van der Waals surface area contributed by atoms with E-state index < -0.39 is 6.61 Å². The van der Waals surface area contributed by atoms with Crippen molar-refractivity contribution in [1.29, 1.82) is 0 Å². The lowest BCUT2D eigenvalue weighted by molar-refractivity contribution is 0.0904. The number of aliphatic hydroxyl groups excluding tert-OH is 1. The summed E-state index contributed by atoms with van der Waals surface area (Å²) in [4.78, 5) is 17.2. The van der Waals surface area contributed by atoms with Crippen LogP contribution in [0.2, 0.25) is 0 Å². The quantitative estimate of drug-likeness (QED) is 0.784. The Bertz CT molecular complexity index is 616. The molecule has 0 saturated heterocycles. The van der Waals surface area contributed by atoms with Crippen molar-refractivity contribution in [3.63, 3.8) is 0 Å². The van der Waals surface area contributed by atoms with E-state index in [1.165, 1.54) is 11.3 Å². The van der Waals surface area contributed by atoms with Crippen LogP contribution in [0.1, 0.15) is 21.6 Å². The molecule has 0 atom stereocenters. The van der Waals surface area contributed by atoms with E-state index in [4.69, 9.17) is 5.11 Å². The van der Waals surface area contributed by atoms with E-state index >= 15 is 0 Å². The van der Waals surface area contributed by atoms with Gasteiger partial charge in [0.25, 0.3) is 0 Å². The Morgan fingerprint density at radius 2 is 2.33 bits per heavy atom. The van der Waals surface area contributed by atoms with Gasteiger partial charge in [0.05, 0.1) is 0 Å². The number of Topliss-reactive ketones (excluding diaryl/α,β-unsaturated/α-hetero) is 1. The molecule has 2 N–H and O–H groups in total. The summed E-state index contributed by atoms with van der Waals surface area (Å²) in [6, 6.07) is 5.59. The minimum absolute atomic E-state index is 0.226. The third-order valence-electron chi connectivity index (χ3n) is 3.63. The van der Waals surface area contributed by atoms with Gasteiger partial charge in [-0.05, 0) is 30.8 Å². The number of nitrogens with one attached hydrogen (secondary N) is 1. The van der Waals surface area contributed by atoms with Crippen molar-refractivity contribution >= 4 is 16.7 Å². The largest absolute Gasteiger partial charge is 0.388 e. The number of aromatic amines is 1. The van der Waals surface area contributed by atoms with Gasteiger partial charge in [0.1, 0.15) is 6.61 Å². The van der Waals surface area contributed by atoms with Crippen LogP contribution in [0.5, 0.6) is 0 Å². The van der Waals surface area contributed by atoms with E-state index in [0.717, 1.165) is 30.4 Å². The SMILES string of the molecule is CN1CCc2[nH]c3ccc(C(=O)CO)cc3c2C1. The Morgan fingerprint density at radius 3 is 3.11 bits per heavy atom. The van der Waals surface area contributed by atoms with Crippen LogP contribution in [0.15, 0.2) is 18.2 Å². The second kappa shape index (κ2) is 4.23. The predicted molar refractivity (Wildman–Crippen MR) is 69.8 cm³/mol. The van der Waals surface area contributed by atoms with Gasteiger partial charge >= 0.3 is 0 Å². The lowest BCUT2D eigenvalue weighted by Gasteiger charge is -2.22. The molecule has 2 heterocycles. The maximum Gasteiger partial charge on any atom is 0.188 e. The standard InChI is InChI=1S/C14H16N2O2/c1-16-5-4-13-11(7-16)10-6-9(14(18)8-17)2-3-12(10)15-13/h2-3,6,15,17H,4-5,7-8H2,1H3. The van der Waals surface area contributed by atoms with E-state index in [2.05, 4.69) is 16.9 Å². The summed E-state index contributed by atoms with van der Waals surface area (Å²) < 4.78 is 0. The summed E-state index contributed by atoms with van der Waals surface area (Å²) in [5.74, 6) is -0.226. The van der Waals surface area contributed by atoms with Gasteiger partial charge in [0.2, 0.25) is 0 Å². The van der Waals surface area contributed by atoms with Crippen molar-refractivity contribution in [2.45, 2.75) is 13.0 Å². The second-order valence-corrected chi connectivity index (χ2v) is 4.91. The molecule has 1 aliphatic heterocycles. The highest BCUT2D eigenvalue weighted by molar-refractivity contribution is 6.01. The number of benzene rings is 1. The number of carbonyl (C=O) groups excluding carboxylic acids is 1. The lowest BCUT2D eigenvalue weighted by Crippen LogP contribution is -2.26. The molecule has 3 rings (SSSR count). The zero-order valence-corrected chi connectivity index (χ0v) is 10.4. The number of hydrogen-bond donors (Lipinski definition) is 2. The number of rotatable bonds is 2. The minimum atomic E-state index is -0.433. The first-order valence-corrected chi connectivity index (χ1v) is 6.15. The van der Waals surface area contributed by atoms with Gasteiger partial charge in [-0.3, -0.25) is 4.79 Å². The highest BCUT2D eigenvalue weighted by Gasteiger charge is 2.19. The van der Waals surface area contributed by atoms with Crippen LogP contribution in [-0.4, -0.2) is 41.0 Å². The highest BCUT2D eigenvalue weighted by atomic mass is 16.3. The number of H-pyrrole nitrogens is 1. The van der Waals surface area contributed by atoms with Crippen molar-refractivity contribution in [2.24, 2.45) is 0 Å². The molecule has 0 fully saturated rings. The Labute approximate surface area is 105 Å². The summed E-state index contributed by atoms with van der Waals surface area (Å²) in [5.41, 5.74) is 4.22. The van der Waals surface area contributed by atoms with E-state index in [0.29, 0.717) is 5.56 Å². The first-order valence-electron chi connectivity index (χ1n) is 6.15. The molecule has 0 saturated carbocycles. The molecule has 2 aromatic rings. The molecule has 0 spiro atoms. The summed E-state index contributed by atoms with van der Waals surface area (Å²) in [5, 5.41) is 10.0. The number of aromatic nitrogens is 1. The fourth-order valence-electron chi connectivity index (χ4n) is 2.61. The fourth-order valence-corrected chi connectivity index (χ4v) is 2.61. The molecule has 4 heteroatoms. The van der Waals surface area contributed by atoms with Gasteiger partial charge in [-0.15, -0.1) is 0 Å². The van der Waals surface area contributed by atoms with Gasteiger partial charge in [0, 0.05) is 41.7 Å². The molecule has 1 aromatic carbocycles. The first kappa shape index (κ1) is 11.4. The third-order valence-corrected chi connectivity index (χ3v) is 3.63. The van der Waals surface area contributed by atoms with Crippen molar-refractivity contribution in [3.8, 4) is 0 Å². The van der Waals surface area contributed by atoms with E-state index in [1.54, 1.807) is 6.07 Å². The lowest BCUT2D eigenvalue weighted by atomic mass is 10.0. The fraction of sp³-hybridized carbons (Fsp3) is 0.357. The second-order valence-electron chi connectivity index (χ2n) is 4.91. The van der Waals surface area contributed by atoms with E-state index in [9.17, 15) is 4.79 Å². The molecule has 18 heavy (non-hydrogen) atoms. The average Bonchev–Trinajstić information content (AvgIpc) is 2.75. The van der Waals surface area contributed by atoms with Gasteiger partial charge in [0.15, 0.2) is 5.78 Å². The van der Waals surface area contributed by atoms with Crippen LogP contribution in [-0.2, 0) is 13.0 Å².